The number of hydrogen-bond donors (Lipinski definition) is 1. The van der Waals surface area contributed by atoms with Gasteiger partial charge in [0.2, 0.25) is 0 Å². The van der Waals surface area contributed by atoms with Gasteiger partial charge in [-0.3, -0.25) is 14.5 Å². The third-order valence-corrected chi connectivity index (χ3v) is 6.41. The van der Waals surface area contributed by atoms with Crippen molar-refractivity contribution in [3.8, 4) is 5.75 Å². The molecule has 1 aliphatic rings. The Balaban J connectivity index is 1.93. The summed E-state index contributed by atoms with van der Waals surface area (Å²) in [7, 11) is 0. The molecule has 1 fully saturated rings. The molecule has 1 unspecified atom stereocenters. The number of amides is 1. The maximum absolute atomic E-state index is 13.5. The third kappa shape index (κ3) is 4.78. The van der Waals surface area contributed by atoms with Crippen LogP contribution in [0.25, 0.3) is 5.76 Å². The van der Waals surface area contributed by atoms with Crippen molar-refractivity contribution in [2.75, 3.05) is 4.90 Å². The number of carbonyl (C=O) groups is 2. The van der Waals surface area contributed by atoms with Crippen LogP contribution in [0.4, 0.5) is 5.69 Å². The van der Waals surface area contributed by atoms with Crippen molar-refractivity contribution in [2.45, 2.75) is 59.1 Å². The molecule has 0 saturated carbocycles. The van der Waals surface area contributed by atoms with Gasteiger partial charge in [-0.2, -0.15) is 0 Å². The van der Waals surface area contributed by atoms with Gasteiger partial charge in [0, 0.05) is 11.3 Å². The predicted molar refractivity (Wildman–Crippen MR) is 143 cm³/mol. The molecule has 0 spiro atoms. The van der Waals surface area contributed by atoms with Gasteiger partial charge in [-0.15, -0.1) is 0 Å². The molecule has 1 atom stereocenters. The van der Waals surface area contributed by atoms with Gasteiger partial charge in [0.05, 0.1) is 17.7 Å². The number of rotatable bonds is 5. The molecule has 0 bridgehead atoms. The van der Waals surface area contributed by atoms with Crippen molar-refractivity contribution >= 4 is 23.1 Å². The number of aryl methyl sites for hydroxylation is 1. The van der Waals surface area contributed by atoms with Crippen LogP contribution in [0.5, 0.6) is 5.75 Å². The molecule has 5 nitrogen and oxygen atoms in total. The lowest BCUT2D eigenvalue weighted by atomic mass is 9.84. The number of carbonyl (C=O) groups excluding carboxylic acids is 2. The zero-order valence-corrected chi connectivity index (χ0v) is 21.7. The van der Waals surface area contributed by atoms with Gasteiger partial charge < -0.3 is 9.84 Å². The van der Waals surface area contributed by atoms with Crippen molar-refractivity contribution in [2.24, 2.45) is 0 Å². The summed E-state index contributed by atoms with van der Waals surface area (Å²) in [5.74, 6) is -0.841. The maximum Gasteiger partial charge on any atom is 0.300 e. The van der Waals surface area contributed by atoms with E-state index in [2.05, 4.69) is 20.8 Å². The van der Waals surface area contributed by atoms with Gasteiger partial charge >= 0.3 is 0 Å². The fourth-order valence-corrected chi connectivity index (χ4v) is 4.49. The van der Waals surface area contributed by atoms with E-state index in [0.717, 1.165) is 11.1 Å². The SMILES string of the molecule is Cc1ccc(C(C)(C)C)cc1/C(O)=C1\C(=O)C(=O)N(c2ccccc2)C1c1ccc(OC(C)C)cc1. The van der Waals surface area contributed by atoms with Crippen molar-refractivity contribution < 1.29 is 19.4 Å². The zero-order valence-electron chi connectivity index (χ0n) is 21.7. The highest BCUT2D eigenvalue weighted by atomic mass is 16.5. The summed E-state index contributed by atoms with van der Waals surface area (Å²) in [4.78, 5) is 28.3. The van der Waals surface area contributed by atoms with Crippen LogP contribution in [-0.4, -0.2) is 22.9 Å². The van der Waals surface area contributed by atoms with Gasteiger partial charge in [-0.05, 0) is 73.2 Å². The van der Waals surface area contributed by atoms with Gasteiger partial charge in [0.1, 0.15) is 11.5 Å². The second-order valence-corrected chi connectivity index (χ2v) is 10.5. The van der Waals surface area contributed by atoms with Crippen molar-refractivity contribution in [1.82, 2.24) is 0 Å². The van der Waals surface area contributed by atoms with Gasteiger partial charge in [0.15, 0.2) is 0 Å². The minimum atomic E-state index is -0.779. The molecular weight excluding hydrogens is 450 g/mol. The average molecular weight is 484 g/mol. The van der Waals surface area contributed by atoms with E-state index in [0.29, 0.717) is 22.6 Å². The van der Waals surface area contributed by atoms with Crippen molar-refractivity contribution in [3.05, 3.63) is 101 Å². The molecule has 36 heavy (non-hydrogen) atoms. The first-order chi connectivity index (χ1) is 17.0. The average Bonchev–Trinajstić information content (AvgIpc) is 3.09. The van der Waals surface area contributed by atoms with E-state index in [-0.39, 0.29) is 22.9 Å². The standard InChI is InChI=1S/C31H33NO4/c1-19(2)36-24-16-13-21(14-17-24)27-26(29(34)30(35)32(27)23-10-8-7-9-11-23)28(33)25-18-22(31(4,5)6)15-12-20(25)3/h7-19,27,33H,1-6H3/b28-26+. The number of anilines is 1. The fraction of sp³-hybridized carbons (Fsp3) is 0.290. The highest BCUT2D eigenvalue weighted by Crippen LogP contribution is 2.43. The molecule has 0 aromatic heterocycles. The van der Waals surface area contributed by atoms with Crippen LogP contribution in [0.2, 0.25) is 0 Å². The Morgan fingerprint density at radius 1 is 0.944 bits per heavy atom. The summed E-state index contributed by atoms with van der Waals surface area (Å²) in [5, 5.41) is 11.6. The minimum Gasteiger partial charge on any atom is -0.507 e. The molecule has 1 amide bonds. The number of nitrogens with zero attached hydrogens (tertiary/aromatic N) is 1. The Kier molecular flexibility index (Phi) is 6.77. The summed E-state index contributed by atoms with van der Waals surface area (Å²) in [6, 6.07) is 21.5. The molecule has 1 N–H and O–H groups in total. The number of Topliss-reactive ketones (excluding diaryl/α,β-unsaturated/α-hetero) is 1. The minimum absolute atomic E-state index is 0.0175. The molecule has 0 radical (unpaired) electrons. The zero-order chi connectivity index (χ0) is 26.2. The first-order valence-corrected chi connectivity index (χ1v) is 12.2. The number of benzene rings is 3. The third-order valence-electron chi connectivity index (χ3n) is 6.41. The number of para-hydroxylation sites is 1. The van der Waals surface area contributed by atoms with Gasteiger partial charge in [-0.1, -0.05) is 63.2 Å². The first kappa shape index (κ1) is 25.2. The molecule has 5 heteroatoms. The van der Waals surface area contributed by atoms with Crippen LogP contribution in [0.15, 0.2) is 78.4 Å². The van der Waals surface area contributed by atoms with E-state index >= 15 is 0 Å². The highest BCUT2D eigenvalue weighted by Gasteiger charge is 2.47. The normalized spacial score (nSPS) is 17.6. The lowest BCUT2D eigenvalue weighted by molar-refractivity contribution is -0.132. The molecule has 3 aromatic carbocycles. The van der Waals surface area contributed by atoms with Crippen LogP contribution in [0.3, 0.4) is 0 Å². The fourth-order valence-electron chi connectivity index (χ4n) is 4.49. The van der Waals surface area contributed by atoms with E-state index in [1.54, 1.807) is 12.1 Å². The Labute approximate surface area is 213 Å². The summed E-state index contributed by atoms with van der Waals surface area (Å²) in [6.07, 6.45) is 0.0175. The van der Waals surface area contributed by atoms with Gasteiger partial charge in [-0.25, -0.2) is 0 Å². The Hall–Kier alpha value is -3.86. The molecule has 1 saturated heterocycles. The highest BCUT2D eigenvalue weighted by molar-refractivity contribution is 6.51. The van der Waals surface area contributed by atoms with Crippen molar-refractivity contribution in [1.29, 1.82) is 0 Å². The van der Waals surface area contributed by atoms with E-state index in [9.17, 15) is 14.7 Å². The van der Waals surface area contributed by atoms with Crippen LogP contribution >= 0.6 is 0 Å². The lowest BCUT2D eigenvalue weighted by Gasteiger charge is -2.26. The lowest BCUT2D eigenvalue weighted by Crippen LogP contribution is -2.29. The smallest absolute Gasteiger partial charge is 0.300 e. The second-order valence-electron chi connectivity index (χ2n) is 10.5. The largest absolute Gasteiger partial charge is 0.507 e. The quantitative estimate of drug-likeness (QED) is 0.249. The van der Waals surface area contributed by atoms with Crippen LogP contribution in [-0.2, 0) is 15.0 Å². The van der Waals surface area contributed by atoms with E-state index in [1.165, 1.54) is 4.90 Å². The monoisotopic (exact) mass is 483 g/mol. The maximum atomic E-state index is 13.5. The Morgan fingerprint density at radius 2 is 1.58 bits per heavy atom. The van der Waals surface area contributed by atoms with Gasteiger partial charge in [0.25, 0.3) is 11.7 Å². The first-order valence-electron chi connectivity index (χ1n) is 12.2. The molecule has 3 aromatic rings. The molecule has 186 valence electrons. The molecular formula is C31H33NO4. The number of ketones is 1. The number of aliphatic hydroxyl groups is 1. The Bertz CT molecular complexity index is 1310. The van der Waals surface area contributed by atoms with E-state index in [1.807, 2.05) is 81.4 Å². The summed E-state index contributed by atoms with van der Waals surface area (Å²) >= 11 is 0. The number of hydrogen-bond acceptors (Lipinski definition) is 4. The second kappa shape index (κ2) is 9.65. The molecule has 1 aliphatic heterocycles. The molecule has 4 rings (SSSR count). The molecule has 1 heterocycles. The van der Waals surface area contributed by atoms with Crippen LogP contribution < -0.4 is 9.64 Å². The van der Waals surface area contributed by atoms with Crippen LogP contribution in [0, 0.1) is 6.92 Å². The summed E-state index contributed by atoms with van der Waals surface area (Å²) < 4.78 is 5.78. The topological polar surface area (TPSA) is 66.8 Å². The van der Waals surface area contributed by atoms with E-state index < -0.39 is 17.7 Å². The van der Waals surface area contributed by atoms with Crippen molar-refractivity contribution in [3.63, 3.8) is 0 Å². The molecule has 0 aliphatic carbocycles. The number of aliphatic hydroxyl groups excluding tert-OH is 1. The summed E-state index contributed by atoms with van der Waals surface area (Å²) in [6.45, 7) is 12.1. The Morgan fingerprint density at radius 3 is 2.17 bits per heavy atom. The van der Waals surface area contributed by atoms with E-state index in [4.69, 9.17) is 4.74 Å². The van der Waals surface area contributed by atoms with Crippen LogP contribution in [0.1, 0.15) is 62.9 Å². The predicted octanol–water partition coefficient (Wildman–Crippen LogP) is 6.71. The summed E-state index contributed by atoms with van der Waals surface area (Å²) in [5.41, 5.74) is 3.63. The number of ether oxygens (including phenoxy) is 1.